The largest absolute Gasteiger partial charge is 0.444 e. The fourth-order valence-electron chi connectivity index (χ4n) is 2.75. The number of likely N-dealkylation sites (tertiary alicyclic amines) is 1. The van der Waals surface area contributed by atoms with Crippen LogP contribution in [0.1, 0.15) is 45.2 Å². The Morgan fingerprint density at radius 1 is 1.36 bits per heavy atom. The van der Waals surface area contributed by atoms with E-state index in [0.29, 0.717) is 11.6 Å². The molecule has 1 fully saturated rings. The van der Waals surface area contributed by atoms with Crippen molar-refractivity contribution in [1.82, 2.24) is 4.90 Å². The number of rotatable bonds is 2. The van der Waals surface area contributed by atoms with E-state index in [4.69, 9.17) is 22.1 Å². The summed E-state index contributed by atoms with van der Waals surface area (Å²) in [5, 5.41) is 0.704. The molecule has 1 amide bonds. The fraction of sp³-hybridized carbons (Fsp3) is 0.588. The lowest BCUT2D eigenvalue weighted by Crippen LogP contribution is -2.45. The Labute approximate surface area is 137 Å². The number of nitrogens with zero attached hydrogens (tertiary/aromatic N) is 1. The number of hydrogen-bond acceptors (Lipinski definition) is 3. The number of nitrogens with two attached hydrogens (primary N) is 1. The van der Waals surface area contributed by atoms with Gasteiger partial charge in [0.1, 0.15) is 5.60 Å². The van der Waals surface area contributed by atoms with Crippen LogP contribution in [-0.4, -0.2) is 29.7 Å². The smallest absolute Gasteiger partial charge is 0.410 e. The summed E-state index contributed by atoms with van der Waals surface area (Å²) in [6.45, 7) is 7.01. The molecule has 2 atom stereocenters. The topological polar surface area (TPSA) is 55.6 Å². The molecular weight excluding hydrogens is 300 g/mol. The first-order valence-corrected chi connectivity index (χ1v) is 8.13. The summed E-state index contributed by atoms with van der Waals surface area (Å²) in [6, 6.07) is 7.53. The maximum Gasteiger partial charge on any atom is 0.410 e. The number of ether oxygens (including phenoxy) is 1. The van der Waals surface area contributed by atoms with Crippen LogP contribution in [0, 0.1) is 5.92 Å². The van der Waals surface area contributed by atoms with Crippen LogP contribution >= 0.6 is 11.6 Å². The van der Waals surface area contributed by atoms with Gasteiger partial charge in [-0.2, -0.15) is 0 Å². The highest BCUT2D eigenvalue weighted by atomic mass is 35.5. The highest BCUT2D eigenvalue weighted by molar-refractivity contribution is 6.30. The van der Waals surface area contributed by atoms with E-state index in [0.717, 1.165) is 24.9 Å². The summed E-state index contributed by atoms with van der Waals surface area (Å²) in [5.41, 5.74) is 6.97. The molecular formula is C17H25ClN2O2. The molecule has 0 saturated carbocycles. The normalized spacial score (nSPS) is 20.6. The van der Waals surface area contributed by atoms with Gasteiger partial charge in [-0.05, 0) is 57.2 Å². The van der Waals surface area contributed by atoms with Gasteiger partial charge in [-0.1, -0.05) is 23.7 Å². The van der Waals surface area contributed by atoms with Crippen molar-refractivity contribution in [2.45, 2.75) is 45.3 Å². The molecule has 0 bridgehead atoms. The maximum atomic E-state index is 12.2. The van der Waals surface area contributed by atoms with E-state index in [1.54, 1.807) is 4.90 Å². The number of amides is 1. The van der Waals surface area contributed by atoms with Gasteiger partial charge in [0.2, 0.25) is 0 Å². The van der Waals surface area contributed by atoms with E-state index in [9.17, 15) is 4.79 Å². The third-order valence-corrected chi connectivity index (χ3v) is 4.12. The second-order valence-electron chi connectivity index (χ2n) is 6.91. The molecule has 0 radical (unpaired) electrons. The van der Waals surface area contributed by atoms with Crippen LogP contribution in [0.4, 0.5) is 4.79 Å². The molecule has 1 aromatic carbocycles. The van der Waals surface area contributed by atoms with E-state index in [1.807, 2.05) is 45.0 Å². The molecule has 22 heavy (non-hydrogen) atoms. The minimum atomic E-state index is -0.470. The first kappa shape index (κ1) is 17.1. The van der Waals surface area contributed by atoms with Gasteiger partial charge in [-0.25, -0.2) is 4.79 Å². The van der Waals surface area contributed by atoms with E-state index in [1.165, 1.54) is 0 Å². The molecule has 4 nitrogen and oxygen atoms in total. The van der Waals surface area contributed by atoms with Gasteiger partial charge in [-0.3, -0.25) is 0 Å². The Morgan fingerprint density at radius 2 is 2.00 bits per heavy atom. The molecule has 0 aromatic heterocycles. The van der Waals surface area contributed by atoms with Crippen LogP contribution in [0.2, 0.25) is 5.02 Å². The molecule has 5 heteroatoms. The quantitative estimate of drug-likeness (QED) is 0.895. The second-order valence-corrected chi connectivity index (χ2v) is 7.34. The monoisotopic (exact) mass is 324 g/mol. The first-order chi connectivity index (χ1) is 10.3. The number of hydrogen-bond donors (Lipinski definition) is 1. The van der Waals surface area contributed by atoms with Gasteiger partial charge < -0.3 is 15.4 Å². The van der Waals surface area contributed by atoms with Crippen molar-refractivity contribution in [2.24, 2.45) is 11.7 Å². The minimum absolute atomic E-state index is 0.0949. The second kappa shape index (κ2) is 6.88. The van der Waals surface area contributed by atoms with E-state index >= 15 is 0 Å². The van der Waals surface area contributed by atoms with Gasteiger partial charge in [0, 0.05) is 24.2 Å². The Morgan fingerprint density at radius 3 is 2.59 bits per heavy atom. The summed E-state index contributed by atoms with van der Waals surface area (Å²) in [4.78, 5) is 14.0. The van der Waals surface area contributed by atoms with Crippen LogP contribution < -0.4 is 5.73 Å². The van der Waals surface area contributed by atoms with E-state index in [-0.39, 0.29) is 18.1 Å². The lowest BCUT2D eigenvalue weighted by molar-refractivity contribution is 0.0152. The van der Waals surface area contributed by atoms with Gasteiger partial charge >= 0.3 is 6.09 Å². The summed E-state index contributed by atoms with van der Waals surface area (Å²) >= 11 is 5.92. The van der Waals surface area contributed by atoms with Crippen LogP contribution in [0.5, 0.6) is 0 Å². The Hall–Kier alpha value is -1.26. The molecule has 1 aliphatic rings. The first-order valence-electron chi connectivity index (χ1n) is 7.75. The molecule has 1 saturated heterocycles. The van der Waals surface area contributed by atoms with Crippen LogP contribution in [0.3, 0.4) is 0 Å². The molecule has 0 aliphatic carbocycles. The van der Waals surface area contributed by atoms with Gasteiger partial charge in [0.25, 0.3) is 0 Å². The van der Waals surface area contributed by atoms with Crippen molar-refractivity contribution in [3.63, 3.8) is 0 Å². The number of halogens is 1. The lowest BCUT2D eigenvalue weighted by atomic mass is 9.87. The minimum Gasteiger partial charge on any atom is -0.444 e. The fourth-order valence-corrected chi connectivity index (χ4v) is 2.88. The average Bonchev–Trinajstić information content (AvgIpc) is 2.46. The summed E-state index contributed by atoms with van der Waals surface area (Å²) in [7, 11) is 0. The Balaban J connectivity index is 2.00. The SMILES string of the molecule is CC(C)(C)OC(=O)N1CCCC(C(N)c2ccc(Cl)cc2)C1. The summed E-state index contributed by atoms with van der Waals surface area (Å²) in [6.07, 6.45) is 1.72. The third-order valence-electron chi connectivity index (χ3n) is 3.87. The third kappa shape index (κ3) is 4.62. The van der Waals surface area contributed by atoms with Crippen molar-refractivity contribution >= 4 is 17.7 Å². The van der Waals surface area contributed by atoms with Gasteiger partial charge in [-0.15, -0.1) is 0 Å². The number of carbonyl (C=O) groups is 1. The predicted molar refractivity (Wildman–Crippen MR) is 88.9 cm³/mol. The van der Waals surface area contributed by atoms with Gasteiger partial charge in [0.05, 0.1) is 0 Å². The standard InChI is InChI=1S/C17H25ClN2O2/c1-17(2,3)22-16(21)20-10-4-5-13(11-20)15(19)12-6-8-14(18)9-7-12/h6-9,13,15H,4-5,10-11,19H2,1-3H3. The molecule has 2 unspecified atom stereocenters. The molecule has 1 heterocycles. The highest BCUT2D eigenvalue weighted by Crippen LogP contribution is 2.29. The van der Waals surface area contributed by atoms with Crippen molar-refractivity contribution in [3.05, 3.63) is 34.9 Å². The molecule has 0 spiro atoms. The zero-order valence-corrected chi connectivity index (χ0v) is 14.3. The maximum absolute atomic E-state index is 12.2. The van der Waals surface area contributed by atoms with Crippen LogP contribution in [-0.2, 0) is 4.74 Å². The van der Waals surface area contributed by atoms with Crippen LogP contribution in [0.25, 0.3) is 0 Å². The van der Waals surface area contributed by atoms with Crippen molar-refractivity contribution in [3.8, 4) is 0 Å². The number of carbonyl (C=O) groups excluding carboxylic acids is 1. The summed E-state index contributed by atoms with van der Waals surface area (Å²) < 4.78 is 5.46. The number of piperidine rings is 1. The Bertz CT molecular complexity index is 510. The number of benzene rings is 1. The molecule has 1 aliphatic heterocycles. The lowest BCUT2D eigenvalue weighted by Gasteiger charge is -2.36. The average molecular weight is 325 g/mol. The van der Waals surface area contributed by atoms with E-state index < -0.39 is 5.60 Å². The Kier molecular flexibility index (Phi) is 5.35. The molecule has 2 rings (SSSR count). The van der Waals surface area contributed by atoms with Crippen molar-refractivity contribution in [1.29, 1.82) is 0 Å². The molecule has 2 N–H and O–H groups in total. The zero-order valence-electron chi connectivity index (χ0n) is 13.5. The van der Waals surface area contributed by atoms with Gasteiger partial charge in [0.15, 0.2) is 0 Å². The molecule has 1 aromatic rings. The predicted octanol–water partition coefficient (Wildman–Crippen LogP) is 3.99. The van der Waals surface area contributed by atoms with Crippen molar-refractivity contribution < 1.29 is 9.53 Å². The van der Waals surface area contributed by atoms with E-state index in [2.05, 4.69) is 0 Å². The summed E-state index contributed by atoms with van der Waals surface area (Å²) in [5.74, 6) is 0.238. The molecule has 122 valence electrons. The van der Waals surface area contributed by atoms with Crippen LogP contribution in [0.15, 0.2) is 24.3 Å². The zero-order chi connectivity index (χ0) is 16.3. The van der Waals surface area contributed by atoms with Crippen molar-refractivity contribution in [2.75, 3.05) is 13.1 Å². The highest BCUT2D eigenvalue weighted by Gasteiger charge is 2.30.